The van der Waals surface area contributed by atoms with E-state index in [0.29, 0.717) is 31.2 Å². The van der Waals surface area contributed by atoms with Crippen LogP contribution in [0, 0.1) is 0 Å². The number of nitrogens with one attached hydrogen (secondary N) is 1. The van der Waals surface area contributed by atoms with Gasteiger partial charge in [0.1, 0.15) is 0 Å². The van der Waals surface area contributed by atoms with E-state index in [-0.39, 0.29) is 22.4 Å². The Morgan fingerprint density at radius 3 is 2.47 bits per heavy atom. The first-order chi connectivity index (χ1) is 18.1. The number of sulfonamides is 1. The molecule has 38 heavy (non-hydrogen) atoms. The molecule has 1 aliphatic carbocycles. The summed E-state index contributed by atoms with van der Waals surface area (Å²) < 4.78 is 37.4. The normalized spacial score (nSPS) is 28.0. The molecule has 10 nitrogen and oxygen atoms in total. The van der Waals surface area contributed by atoms with E-state index in [9.17, 15) is 13.2 Å². The van der Waals surface area contributed by atoms with Crippen molar-refractivity contribution in [2.45, 2.75) is 74.6 Å². The number of carbonyl (C=O) groups excluding carboxylic acids is 1. The fraction of sp³-hybridized carbons (Fsp3) is 0.630. The van der Waals surface area contributed by atoms with E-state index < -0.39 is 10.0 Å². The van der Waals surface area contributed by atoms with E-state index in [4.69, 9.17) is 9.84 Å². The number of fused-ring (bicyclic) bond motifs is 1. The van der Waals surface area contributed by atoms with Gasteiger partial charge >= 0.3 is 0 Å². The third-order valence-electron chi connectivity index (χ3n) is 8.72. The van der Waals surface area contributed by atoms with Crippen molar-refractivity contribution >= 4 is 32.5 Å². The molecule has 3 aliphatic heterocycles. The van der Waals surface area contributed by atoms with Crippen molar-refractivity contribution in [3.8, 4) is 0 Å². The molecule has 1 aromatic heterocycles. The molecule has 4 heterocycles. The Balaban J connectivity index is 1.39. The molecular formula is C27H38N6O4S. The van der Waals surface area contributed by atoms with Gasteiger partial charge in [0.2, 0.25) is 15.9 Å². The van der Waals surface area contributed by atoms with Crippen molar-refractivity contribution < 1.29 is 17.9 Å². The largest absolute Gasteiger partial charge is 0.378 e. The van der Waals surface area contributed by atoms with Gasteiger partial charge in [-0.25, -0.2) is 13.1 Å². The van der Waals surface area contributed by atoms with Crippen LogP contribution in [0.5, 0.6) is 0 Å². The first-order valence-electron chi connectivity index (χ1n) is 13.7. The minimum Gasteiger partial charge on any atom is -0.378 e. The summed E-state index contributed by atoms with van der Waals surface area (Å²) in [6.07, 6.45) is 5.65. The number of likely N-dealkylation sites (tertiary alicyclic amines) is 1. The lowest BCUT2D eigenvalue weighted by Gasteiger charge is -2.51. The molecule has 0 radical (unpaired) electrons. The number of aromatic nitrogens is 2. The van der Waals surface area contributed by atoms with Crippen LogP contribution < -0.4 is 9.62 Å². The van der Waals surface area contributed by atoms with Gasteiger partial charge in [0.05, 0.1) is 41.9 Å². The molecule has 1 unspecified atom stereocenters. The van der Waals surface area contributed by atoms with Gasteiger partial charge in [-0.05, 0) is 58.2 Å². The molecule has 0 spiro atoms. The van der Waals surface area contributed by atoms with E-state index in [0.717, 1.165) is 62.2 Å². The Hall–Kier alpha value is -2.47. The second-order valence-electron chi connectivity index (χ2n) is 11.8. The topological polar surface area (TPSA) is 100 Å². The smallest absolute Gasteiger partial charge is 0.246 e. The summed E-state index contributed by atoms with van der Waals surface area (Å²) in [6.45, 7) is 14.3. The van der Waals surface area contributed by atoms with Crippen LogP contribution in [0.2, 0.25) is 0 Å². The van der Waals surface area contributed by atoms with Crippen molar-refractivity contribution in [2.24, 2.45) is 0 Å². The minimum atomic E-state index is -3.72. The summed E-state index contributed by atoms with van der Waals surface area (Å²) >= 11 is 0. The van der Waals surface area contributed by atoms with Crippen molar-refractivity contribution in [1.82, 2.24) is 24.3 Å². The summed E-state index contributed by atoms with van der Waals surface area (Å²) in [7, 11) is -3.72. The highest BCUT2D eigenvalue weighted by Gasteiger charge is 2.42. The summed E-state index contributed by atoms with van der Waals surface area (Å²) in [5.74, 6) is -0.0903. The molecule has 6 rings (SSSR count). The van der Waals surface area contributed by atoms with E-state index in [1.54, 1.807) is 11.0 Å². The van der Waals surface area contributed by atoms with Gasteiger partial charge in [-0.3, -0.25) is 14.4 Å². The van der Waals surface area contributed by atoms with Crippen LogP contribution in [0.1, 0.15) is 46.1 Å². The van der Waals surface area contributed by atoms with Crippen LogP contribution in [-0.2, 0) is 19.6 Å². The molecule has 206 valence electrons. The lowest BCUT2D eigenvalue weighted by Crippen LogP contribution is -2.64. The maximum atomic E-state index is 13.6. The molecule has 1 amide bonds. The monoisotopic (exact) mass is 542 g/mol. The second-order valence-corrected chi connectivity index (χ2v) is 13.5. The predicted octanol–water partition coefficient (Wildman–Crippen LogP) is 2.12. The van der Waals surface area contributed by atoms with Gasteiger partial charge in [0.25, 0.3) is 0 Å². The van der Waals surface area contributed by atoms with Gasteiger partial charge in [-0.1, -0.05) is 6.58 Å². The molecule has 1 N–H and O–H groups in total. The van der Waals surface area contributed by atoms with Crippen molar-refractivity contribution in [3.05, 3.63) is 31.0 Å². The lowest BCUT2D eigenvalue weighted by molar-refractivity contribution is -0.125. The van der Waals surface area contributed by atoms with Crippen LogP contribution in [0.4, 0.5) is 5.69 Å². The number of hydrogen-bond donors (Lipinski definition) is 1. The SMILES string of the molecule is C=CC(=O)N1CCC(n2ncc3c(N4C[C@@H](C)N(C5COC5)[C@@H](C)C4)cc(S(=O)(=O)NC4(C)CC4)cc32)C1. The molecule has 3 atom stereocenters. The standard InChI is InChI=1S/C27H38N6O4S/c1-5-26(34)30-9-6-20(15-30)33-25-11-22(38(35,36)29-27(4)7-8-27)10-24(23(25)12-28-33)31-13-18(2)32(19(3)14-31)21-16-37-17-21/h5,10-12,18-21,29H,1,6-9,13-17H2,2-4H3/t18-,19+,20?. The zero-order chi connectivity index (χ0) is 26.8. The summed E-state index contributed by atoms with van der Waals surface area (Å²) in [5, 5.41) is 5.69. The third-order valence-corrected chi connectivity index (χ3v) is 10.3. The highest BCUT2D eigenvalue weighted by molar-refractivity contribution is 7.89. The fourth-order valence-electron chi connectivity index (χ4n) is 6.40. The third kappa shape index (κ3) is 4.53. The first kappa shape index (κ1) is 25.8. The zero-order valence-corrected chi connectivity index (χ0v) is 23.3. The molecular weight excluding hydrogens is 504 g/mol. The second kappa shape index (κ2) is 9.32. The Kier molecular flexibility index (Phi) is 6.33. The Labute approximate surface area is 224 Å². The number of amides is 1. The summed E-state index contributed by atoms with van der Waals surface area (Å²) in [6, 6.07) is 4.61. The van der Waals surface area contributed by atoms with Gasteiger partial charge in [0.15, 0.2) is 0 Å². The highest BCUT2D eigenvalue weighted by Crippen LogP contribution is 2.39. The number of ether oxygens (including phenoxy) is 1. The number of hydrogen-bond acceptors (Lipinski definition) is 7. The van der Waals surface area contributed by atoms with Crippen LogP contribution >= 0.6 is 0 Å². The molecule has 11 heteroatoms. The van der Waals surface area contributed by atoms with Crippen LogP contribution in [0.15, 0.2) is 35.9 Å². The van der Waals surface area contributed by atoms with Crippen molar-refractivity contribution in [2.75, 3.05) is 44.3 Å². The number of rotatable bonds is 7. The number of benzene rings is 1. The molecule has 2 aromatic rings. The van der Waals surface area contributed by atoms with Crippen LogP contribution in [0.3, 0.4) is 0 Å². The number of anilines is 1. The first-order valence-corrected chi connectivity index (χ1v) is 15.1. The van der Waals surface area contributed by atoms with Gasteiger partial charge < -0.3 is 14.5 Å². The molecule has 3 saturated heterocycles. The van der Waals surface area contributed by atoms with Crippen molar-refractivity contribution in [3.63, 3.8) is 0 Å². The van der Waals surface area contributed by atoms with E-state index in [2.05, 4.69) is 34.9 Å². The minimum absolute atomic E-state index is 0.0237. The van der Waals surface area contributed by atoms with Gasteiger partial charge in [0, 0.05) is 54.9 Å². The molecule has 0 bridgehead atoms. The average molecular weight is 543 g/mol. The fourth-order valence-corrected chi connectivity index (χ4v) is 7.90. The van der Waals surface area contributed by atoms with Gasteiger partial charge in [-0.15, -0.1) is 0 Å². The maximum Gasteiger partial charge on any atom is 0.246 e. The Morgan fingerprint density at radius 1 is 1.16 bits per heavy atom. The Morgan fingerprint density at radius 2 is 1.87 bits per heavy atom. The molecule has 4 aliphatic rings. The quantitative estimate of drug-likeness (QED) is 0.535. The maximum absolute atomic E-state index is 13.6. The summed E-state index contributed by atoms with van der Waals surface area (Å²) in [4.78, 5) is 19.1. The molecule has 1 saturated carbocycles. The van der Waals surface area contributed by atoms with Crippen LogP contribution in [-0.4, -0.2) is 97.0 Å². The molecule has 4 fully saturated rings. The van der Waals surface area contributed by atoms with E-state index >= 15 is 0 Å². The van der Waals surface area contributed by atoms with Gasteiger partial charge in [-0.2, -0.15) is 5.10 Å². The van der Waals surface area contributed by atoms with Crippen molar-refractivity contribution in [1.29, 1.82) is 0 Å². The number of carbonyl (C=O) groups is 1. The molecule has 1 aromatic carbocycles. The van der Waals surface area contributed by atoms with E-state index in [1.165, 1.54) is 6.08 Å². The number of piperazine rings is 1. The van der Waals surface area contributed by atoms with Crippen LogP contribution in [0.25, 0.3) is 10.9 Å². The predicted molar refractivity (Wildman–Crippen MR) is 146 cm³/mol. The Bertz CT molecular complexity index is 1350. The zero-order valence-electron chi connectivity index (χ0n) is 22.5. The average Bonchev–Trinajstić information content (AvgIpc) is 3.22. The number of nitrogens with zero attached hydrogens (tertiary/aromatic N) is 5. The van der Waals surface area contributed by atoms with E-state index in [1.807, 2.05) is 23.9 Å². The highest BCUT2D eigenvalue weighted by atomic mass is 32.2. The lowest BCUT2D eigenvalue weighted by atomic mass is 10.0. The summed E-state index contributed by atoms with van der Waals surface area (Å²) in [5.41, 5.74) is 1.32.